The van der Waals surface area contributed by atoms with Crippen LogP contribution in [0.4, 0.5) is 0 Å². The molecule has 5 atom stereocenters. The second kappa shape index (κ2) is 12.9. The molecule has 0 aromatic carbocycles. The van der Waals surface area contributed by atoms with Gasteiger partial charge in [-0.15, -0.1) is 0 Å². The maximum absolute atomic E-state index is 12.3. The van der Waals surface area contributed by atoms with E-state index in [1.807, 2.05) is 19.1 Å². The topological polar surface area (TPSA) is 93.1 Å². The number of hydrogen-bond donors (Lipinski definition) is 2. The third-order valence-corrected chi connectivity index (χ3v) is 5.90. The number of hydrogen-bond acceptors (Lipinski definition) is 6. The summed E-state index contributed by atoms with van der Waals surface area (Å²) in [5, 5.41) is 20.9. The van der Waals surface area contributed by atoms with Gasteiger partial charge >= 0.3 is 5.97 Å². The van der Waals surface area contributed by atoms with Gasteiger partial charge in [0.2, 0.25) is 0 Å². The van der Waals surface area contributed by atoms with Gasteiger partial charge in [-0.2, -0.15) is 0 Å². The predicted octanol–water partition coefficient (Wildman–Crippen LogP) is 3.35. The standard InChI is InChI=1S/C23H38O6/c1-5-6-15-23(2,29-4)21(26)14-13-18-17(19(24)16-20(18)25)11-9-7-8-10-12-22(27)28-3/h7,9,13-14,17-18,20-21,25-26H,5-6,8,10-12,15-16H2,1-4H3/b9-7-,14-13+/t17-,18?,20-,21+,23-/m1/s1. The van der Waals surface area contributed by atoms with E-state index in [9.17, 15) is 19.8 Å². The number of methoxy groups -OCH3 is 2. The summed E-state index contributed by atoms with van der Waals surface area (Å²) in [5.74, 6) is -0.793. The molecule has 6 nitrogen and oxygen atoms in total. The lowest BCUT2D eigenvalue weighted by Crippen LogP contribution is -2.40. The highest BCUT2D eigenvalue weighted by Gasteiger charge is 2.39. The third-order valence-electron chi connectivity index (χ3n) is 5.90. The number of unbranched alkanes of at least 4 members (excludes halogenated alkanes) is 2. The van der Waals surface area contributed by atoms with Crippen molar-refractivity contribution < 1.29 is 29.3 Å². The Morgan fingerprint density at radius 3 is 2.66 bits per heavy atom. The largest absolute Gasteiger partial charge is 0.469 e. The SMILES string of the molecule is CCCC[C@@](C)(OC)[C@@H](O)/C=C/C1[C@H](O)CC(=O)[C@@H]1C/C=C\CCCC(=O)OC. The smallest absolute Gasteiger partial charge is 0.305 e. The Morgan fingerprint density at radius 2 is 2.03 bits per heavy atom. The molecule has 0 bridgehead atoms. The monoisotopic (exact) mass is 410 g/mol. The Morgan fingerprint density at radius 1 is 1.31 bits per heavy atom. The molecule has 1 aliphatic carbocycles. The lowest BCUT2D eigenvalue weighted by molar-refractivity contribution is -0.140. The first-order chi connectivity index (χ1) is 13.8. The summed E-state index contributed by atoms with van der Waals surface area (Å²) in [6.45, 7) is 3.97. The molecular weight excluding hydrogens is 372 g/mol. The highest BCUT2D eigenvalue weighted by atomic mass is 16.5. The summed E-state index contributed by atoms with van der Waals surface area (Å²) in [6.07, 6.45) is 11.0. The number of esters is 1. The molecule has 1 saturated carbocycles. The molecule has 0 radical (unpaired) electrons. The van der Waals surface area contributed by atoms with Crippen LogP contribution in [0, 0.1) is 11.8 Å². The van der Waals surface area contributed by atoms with Gasteiger partial charge in [-0.25, -0.2) is 0 Å². The molecule has 2 N–H and O–H groups in total. The van der Waals surface area contributed by atoms with E-state index in [4.69, 9.17) is 4.74 Å². The van der Waals surface area contributed by atoms with Gasteiger partial charge in [-0.05, 0) is 32.6 Å². The molecule has 0 aromatic heterocycles. The maximum atomic E-state index is 12.3. The summed E-state index contributed by atoms with van der Waals surface area (Å²) in [6, 6.07) is 0. The second-order valence-electron chi connectivity index (χ2n) is 8.05. The van der Waals surface area contributed by atoms with Crippen LogP contribution in [-0.2, 0) is 19.1 Å². The van der Waals surface area contributed by atoms with Crippen molar-refractivity contribution in [1.82, 2.24) is 0 Å². The van der Waals surface area contributed by atoms with Crippen molar-refractivity contribution >= 4 is 11.8 Å². The van der Waals surface area contributed by atoms with Crippen LogP contribution in [0.1, 0.15) is 65.2 Å². The Balaban J connectivity index is 2.66. The summed E-state index contributed by atoms with van der Waals surface area (Å²) >= 11 is 0. The number of aliphatic hydroxyl groups excluding tert-OH is 2. The van der Waals surface area contributed by atoms with Crippen LogP contribution in [-0.4, -0.2) is 54.0 Å². The molecule has 1 rings (SSSR count). The Bertz CT molecular complexity index is 570. The van der Waals surface area contributed by atoms with Gasteiger partial charge in [-0.3, -0.25) is 9.59 Å². The van der Waals surface area contributed by atoms with Crippen LogP contribution >= 0.6 is 0 Å². The van der Waals surface area contributed by atoms with Gasteiger partial charge in [0.15, 0.2) is 0 Å². The van der Waals surface area contributed by atoms with Gasteiger partial charge in [-0.1, -0.05) is 44.1 Å². The lowest BCUT2D eigenvalue weighted by atomic mass is 9.87. The normalized spacial score (nSPS) is 25.6. The molecule has 1 fully saturated rings. The van der Waals surface area contributed by atoms with Crippen LogP contribution in [0.2, 0.25) is 0 Å². The second-order valence-corrected chi connectivity index (χ2v) is 8.05. The molecule has 0 heterocycles. The van der Waals surface area contributed by atoms with Crippen molar-refractivity contribution in [2.75, 3.05) is 14.2 Å². The fourth-order valence-electron chi connectivity index (χ4n) is 3.69. The van der Waals surface area contributed by atoms with E-state index in [2.05, 4.69) is 11.7 Å². The van der Waals surface area contributed by atoms with Crippen molar-refractivity contribution in [3.8, 4) is 0 Å². The summed E-state index contributed by atoms with van der Waals surface area (Å²) < 4.78 is 10.1. The number of aliphatic hydroxyl groups is 2. The van der Waals surface area contributed by atoms with Crippen LogP contribution in [0.15, 0.2) is 24.3 Å². The minimum Gasteiger partial charge on any atom is -0.469 e. The van der Waals surface area contributed by atoms with Gasteiger partial charge in [0, 0.05) is 31.8 Å². The van der Waals surface area contributed by atoms with Crippen molar-refractivity contribution in [3.63, 3.8) is 0 Å². The van der Waals surface area contributed by atoms with Crippen LogP contribution in [0.3, 0.4) is 0 Å². The minimum atomic E-state index is -0.809. The Hall–Kier alpha value is -1.50. The number of Topliss-reactive ketones (excluding diaryl/α,β-unsaturated/α-hetero) is 1. The highest BCUT2D eigenvalue weighted by molar-refractivity contribution is 5.84. The Labute approximate surface area is 175 Å². The number of ketones is 1. The van der Waals surface area contributed by atoms with Crippen LogP contribution in [0.5, 0.6) is 0 Å². The van der Waals surface area contributed by atoms with Crippen molar-refractivity contribution in [1.29, 1.82) is 0 Å². The fourth-order valence-corrected chi connectivity index (χ4v) is 3.69. The lowest BCUT2D eigenvalue weighted by Gasteiger charge is -2.32. The quantitative estimate of drug-likeness (QED) is 0.275. The van der Waals surface area contributed by atoms with E-state index in [1.165, 1.54) is 7.11 Å². The van der Waals surface area contributed by atoms with Gasteiger partial charge in [0.25, 0.3) is 0 Å². The van der Waals surface area contributed by atoms with Gasteiger partial charge in [0.1, 0.15) is 11.9 Å². The van der Waals surface area contributed by atoms with E-state index in [-0.39, 0.29) is 30.0 Å². The first-order valence-electron chi connectivity index (χ1n) is 10.6. The zero-order valence-corrected chi connectivity index (χ0v) is 18.3. The first kappa shape index (κ1) is 25.5. The number of ether oxygens (including phenoxy) is 2. The van der Waals surface area contributed by atoms with Gasteiger partial charge in [0.05, 0.1) is 18.8 Å². The van der Waals surface area contributed by atoms with E-state index < -0.39 is 17.8 Å². The molecule has 0 amide bonds. The maximum Gasteiger partial charge on any atom is 0.305 e. The number of carbonyl (C=O) groups excluding carboxylic acids is 2. The van der Waals surface area contributed by atoms with Crippen molar-refractivity contribution in [2.45, 2.75) is 83.0 Å². The predicted molar refractivity (Wildman–Crippen MR) is 112 cm³/mol. The molecule has 6 heteroatoms. The summed E-state index contributed by atoms with van der Waals surface area (Å²) in [4.78, 5) is 23.4. The highest BCUT2D eigenvalue weighted by Crippen LogP contribution is 2.34. The van der Waals surface area contributed by atoms with E-state index in [1.54, 1.807) is 19.3 Å². The molecule has 166 valence electrons. The molecule has 29 heavy (non-hydrogen) atoms. The Kier molecular flexibility index (Phi) is 11.4. The molecular formula is C23H38O6. The molecule has 0 spiro atoms. The van der Waals surface area contributed by atoms with Crippen LogP contribution < -0.4 is 0 Å². The number of allylic oxidation sites excluding steroid dienone is 2. The van der Waals surface area contributed by atoms with Crippen molar-refractivity contribution in [2.24, 2.45) is 11.8 Å². The van der Waals surface area contributed by atoms with Gasteiger partial charge < -0.3 is 19.7 Å². The molecule has 1 aliphatic rings. The molecule has 0 aromatic rings. The summed E-state index contributed by atoms with van der Waals surface area (Å²) in [5.41, 5.74) is -0.685. The first-order valence-corrected chi connectivity index (χ1v) is 10.6. The molecule has 0 aliphatic heterocycles. The zero-order valence-electron chi connectivity index (χ0n) is 18.3. The molecule has 0 saturated heterocycles. The van der Waals surface area contributed by atoms with Crippen LogP contribution in [0.25, 0.3) is 0 Å². The van der Waals surface area contributed by atoms with Crippen molar-refractivity contribution in [3.05, 3.63) is 24.3 Å². The number of rotatable bonds is 13. The summed E-state index contributed by atoms with van der Waals surface area (Å²) in [7, 11) is 2.97. The number of carbonyl (C=O) groups is 2. The third kappa shape index (κ3) is 8.03. The molecule has 1 unspecified atom stereocenters. The average Bonchev–Trinajstić information content (AvgIpc) is 2.98. The average molecular weight is 411 g/mol. The van der Waals surface area contributed by atoms with E-state index in [0.717, 1.165) is 25.7 Å². The zero-order chi connectivity index (χ0) is 21.9. The van der Waals surface area contributed by atoms with E-state index >= 15 is 0 Å². The van der Waals surface area contributed by atoms with E-state index in [0.29, 0.717) is 19.3 Å². The fraction of sp³-hybridized carbons (Fsp3) is 0.739. The minimum absolute atomic E-state index is 0.0429.